The van der Waals surface area contributed by atoms with E-state index in [4.69, 9.17) is 4.98 Å². The molecule has 17 heavy (non-hydrogen) atoms. The van der Waals surface area contributed by atoms with Gasteiger partial charge in [0.1, 0.15) is 0 Å². The SMILES string of the molecule is CCCC(CNC)Cc1nc2ccccc2s1. The number of hydrogen-bond acceptors (Lipinski definition) is 3. The summed E-state index contributed by atoms with van der Waals surface area (Å²) in [6, 6.07) is 8.40. The second kappa shape index (κ2) is 6.12. The van der Waals surface area contributed by atoms with Gasteiger partial charge in [-0.05, 0) is 38.1 Å². The lowest BCUT2D eigenvalue weighted by Crippen LogP contribution is -2.20. The molecule has 0 amide bonds. The molecule has 92 valence electrons. The number of benzene rings is 1. The maximum atomic E-state index is 4.71. The average Bonchev–Trinajstić information content (AvgIpc) is 2.71. The van der Waals surface area contributed by atoms with Gasteiger partial charge in [-0.1, -0.05) is 25.5 Å². The Hall–Kier alpha value is -0.930. The summed E-state index contributed by atoms with van der Waals surface area (Å²) in [5.41, 5.74) is 1.15. The number of thiazole rings is 1. The van der Waals surface area contributed by atoms with Crippen LogP contribution in [0.5, 0.6) is 0 Å². The lowest BCUT2D eigenvalue weighted by molar-refractivity contribution is 0.455. The molecule has 1 heterocycles. The highest BCUT2D eigenvalue weighted by molar-refractivity contribution is 7.18. The van der Waals surface area contributed by atoms with E-state index in [1.165, 1.54) is 22.5 Å². The van der Waals surface area contributed by atoms with Crippen molar-refractivity contribution < 1.29 is 0 Å². The van der Waals surface area contributed by atoms with Gasteiger partial charge in [-0.15, -0.1) is 11.3 Å². The van der Waals surface area contributed by atoms with Crippen LogP contribution in [-0.2, 0) is 6.42 Å². The minimum Gasteiger partial charge on any atom is -0.319 e. The van der Waals surface area contributed by atoms with Crippen molar-refractivity contribution in [3.8, 4) is 0 Å². The number of fused-ring (bicyclic) bond motifs is 1. The van der Waals surface area contributed by atoms with Gasteiger partial charge in [-0.25, -0.2) is 4.98 Å². The number of rotatable bonds is 6. The maximum absolute atomic E-state index is 4.71. The van der Waals surface area contributed by atoms with Crippen molar-refractivity contribution in [3.05, 3.63) is 29.3 Å². The van der Waals surface area contributed by atoms with Crippen LogP contribution < -0.4 is 5.32 Å². The number of nitrogens with zero attached hydrogens (tertiary/aromatic N) is 1. The molecule has 0 radical (unpaired) electrons. The molecule has 0 saturated heterocycles. The Bertz CT molecular complexity index is 425. The predicted molar refractivity (Wildman–Crippen MR) is 75.6 cm³/mol. The summed E-state index contributed by atoms with van der Waals surface area (Å²) >= 11 is 1.84. The van der Waals surface area contributed by atoms with E-state index in [0.29, 0.717) is 5.92 Å². The van der Waals surface area contributed by atoms with Crippen LogP contribution in [-0.4, -0.2) is 18.6 Å². The van der Waals surface area contributed by atoms with Gasteiger partial charge in [0.25, 0.3) is 0 Å². The summed E-state index contributed by atoms with van der Waals surface area (Å²) in [6.07, 6.45) is 3.63. The summed E-state index contributed by atoms with van der Waals surface area (Å²) in [5, 5.41) is 4.56. The zero-order valence-corrected chi connectivity index (χ0v) is 11.4. The van der Waals surface area contributed by atoms with E-state index in [1.807, 2.05) is 18.4 Å². The third-order valence-corrected chi connectivity index (χ3v) is 4.05. The molecule has 0 spiro atoms. The normalized spacial score (nSPS) is 13.1. The average molecular weight is 248 g/mol. The molecule has 1 unspecified atom stereocenters. The highest BCUT2D eigenvalue weighted by atomic mass is 32.1. The first-order valence-corrected chi connectivity index (χ1v) is 7.14. The Morgan fingerprint density at radius 1 is 1.35 bits per heavy atom. The third kappa shape index (κ3) is 3.27. The molecule has 1 atom stereocenters. The van der Waals surface area contributed by atoms with E-state index in [9.17, 15) is 0 Å². The smallest absolute Gasteiger partial charge is 0.0941 e. The minimum atomic E-state index is 0.713. The molecular weight excluding hydrogens is 228 g/mol. The van der Waals surface area contributed by atoms with Crippen molar-refractivity contribution >= 4 is 21.6 Å². The molecule has 2 rings (SSSR count). The summed E-state index contributed by atoms with van der Waals surface area (Å²) < 4.78 is 1.31. The first-order valence-electron chi connectivity index (χ1n) is 6.32. The minimum absolute atomic E-state index is 0.713. The fourth-order valence-corrected chi connectivity index (χ4v) is 3.31. The van der Waals surface area contributed by atoms with Crippen LogP contribution in [0.1, 0.15) is 24.8 Å². The molecule has 1 N–H and O–H groups in total. The molecule has 1 aromatic carbocycles. The predicted octanol–water partition coefficient (Wildman–Crippen LogP) is 3.47. The van der Waals surface area contributed by atoms with Gasteiger partial charge >= 0.3 is 0 Å². The van der Waals surface area contributed by atoms with E-state index in [1.54, 1.807) is 0 Å². The number of aromatic nitrogens is 1. The van der Waals surface area contributed by atoms with Crippen LogP contribution in [0.2, 0.25) is 0 Å². The number of para-hydroxylation sites is 1. The Labute approximate surface area is 107 Å². The number of nitrogens with one attached hydrogen (secondary N) is 1. The van der Waals surface area contributed by atoms with E-state index in [0.717, 1.165) is 18.5 Å². The van der Waals surface area contributed by atoms with Crippen LogP contribution in [0.15, 0.2) is 24.3 Å². The van der Waals surface area contributed by atoms with Gasteiger partial charge in [0.05, 0.1) is 15.2 Å². The summed E-state index contributed by atoms with van der Waals surface area (Å²) in [5.74, 6) is 0.713. The van der Waals surface area contributed by atoms with Crippen LogP contribution in [0.4, 0.5) is 0 Å². The second-order valence-electron chi connectivity index (χ2n) is 4.49. The standard InChI is InChI=1S/C14H20N2S/c1-3-6-11(10-15-2)9-14-16-12-7-4-5-8-13(12)17-14/h4-5,7-8,11,15H,3,6,9-10H2,1-2H3. The Morgan fingerprint density at radius 3 is 2.88 bits per heavy atom. The number of hydrogen-bond donors (Lipinski definition) is 1. The maximum Gasteiger partial charge on any atom is 0.0941 e. The van der Waals surface area contributed by atoms with E-state index < -0.39 is 0 Å². The zero-order valence-electron chi connectivity index (χ0n) is 10.6. The highest BCUT2D eigenvalue weighted by Crippen LogP contribution is 2.24. The molecule has 0 fully saturated rings. The third-order valence-electron chi connectivity index (χ3n) is 2.99. The Morgan fingerprint density at radius 2 is 2.18 bits per heavy atom. The van der Waals surface area contributed by atoms with Gasteiger partial charge in [0, 0.05) is 6.42 Å². The van der Waals surface area contributed by atoms with Gasteiger partial charge < -0.3 is 5.32 Å². The van der Waals surface area contributed by atoms with E-state index in [2.05, 4.69) is 36.5 Å². The van der Waals surface area contributed by atoms with Crippen LogP contribution in [0.25, 0.3) is 10.2 Å². The summed E-state index contributed by atoms with van der Waals surface area (Å²) in [6.45, 7) is 3.34. The molecule has 0 bridgehead atoms. The van der Waals surface area contributed by atoms with Crippen molar-refractivity contribution in [2.24, 2.45) is 5.92 Å². The molecule has 0 saturated carbocycles. The Kier molecular flexibility index (Phi) is 4.51. The van der Waals surface area contributed by atoms with Crippen LogP contribution in [0, 0.1) is 5.92 Å². The van der Waals surface area contributed by atoms with Crippen LogP contribution >= 0.6 is 11.3 Å². The zero-order chi connectivity index (χ0) is 12.1. The van der Waals surface area contributed by atoms with Gasteiger partial charge in [0.15, 0.2) is 0 Å². The second-order valence-corrected chi connectivity index (χ2v) is 5.61. The quantitative estimate of drug-likeness (QED) is 0.846. The fraction of sp³-hybridized carbons (Fsp3) is 0.500. The first kappa shape index (κ1) is 12.5. The fourth-order valence-electron chi connectivity index (χ4n) is 2.23. The summed E-state index contributed by atoms with van der Waals surface area (Å²) in [4.78, 5) is 4.71. The molecule has 0 aliphatic heterocycles. The molecule has 2 nitrogen and oxygen atoms in total. The first-order chi connectivity index (χ1) is 8.33. The molecule has 0 aliphatic rings. The van der Waals surface area contributed by atoms with Gasteiger partial charge in [-0.2, -0.15) is 0 Å². The lowest BCUT2D eigenvalue weighted by Gasteiger charge is -2.13. The van der Waals surface area contributed by atoms with Crippen molar-refractivity contribution in [1.29, 1.82) is 0 Å². The summed E-state index contributed by atoms with van der Waals surface area (Å²) in [7, 11) is 2.03. The van der Waals surface area contributed by atoms with Gasteiger partial charge in [0.2, 0.25) is 0 Å². The van der Waals surface area contributed by atoms with Crippen molar-refractivity contribution in [2.45, 2.75) is 26.2 Å². The largest absolute Gasteiger partial charge is 0.319 e. The van der Waals surface area contributed by atoms with Crippen LogP contribution in [0.3, 0.4) is 0 Å². The van der Waals surface area contributed by atoms with E-state index >= 15 is 0 Å². The molecule has 0 aliphatic carbocycles. The van der Waals surface area contributed by atoms with Crippen molar-refractivity contribution in [2.75, 3.05) is 13.6 Å². The molecule has 1 aromatic heterocycles. The highest BCUT2D eigenvalue weighted by Gasteiger charge is 2.11. The Balaban J connectivity index is 2.10. The van der Waals surface area contributed by atoms with Crippen molar-refractivity contribution in [1.82, 2.24) is 10.3 Å². The van der Waals surface area contributed by atoms with Gasteiger partial charge in [-0.3, -0.25) is 0 Å². The van der Waals surface area contributed by atoms with E-state index in [-0.39, 0.29) is 0 Å². The lowest BCUT2D eigenvalue weighted by atomic mass is 10.0. The molecular formula is C14H20N2S. The van der Waals surface area contributed by atoms with Crippen molar-refractivity contribution in [3.63, 3.8) is 0 Å². The molecule has 3 heteroatoms. The molecule has 2 aromatic rings. The topological polar surface area (TPSA) is 24.9 Å². The monoisotopic (exact) mass is 248 g/mol.